The van der Waals surface area contributed by atoms with Crippen molar-refractivity contribution in [3.63, 3.8) is 0 Å². The van der Waals surface area contributed by atoms with Gasteiger partial charge in [0.2, 0.25) is 5.91 Å². The Morgan fingerprint density at radius 3 is 2.41 bits per heavy atom. The Balaban J connectivity index is 2.03. The lowest BCUT2D eigenvalue weighted by atomic mass is 9.84. The summed E-state index contributed by atoms with van der Waals surface area (Å²) in [6.45, 7) is 8.91. The highest BCUT2D eigenvalue weighted by Crippen LogP contribution is 2.33. The maximum absolute atomic E-state index is 13.0. The number of alkyl carbamates (subject to hydrolysis) is 2. The third kappa shape index (κ3) is 10.0. The van der Waals surface area contributed by atoms with Gasteiger partial charge in [-0.1, -0.05) is 36.4 Å². The lowest BCUT2D eigenvalue weighted by Gasteiger charge is -2.32. The van der Waals surface area contributed by atoms with Gasteiger partial charge < -0.3 is 30.5 Å². The average molecular weight is 598 g/mol. The fourth-order valence-corrected chi connectivity index (χ4v) is 5.35. The minimum absolute atomic E-state index is 0.0331. The van der Waals surface area contributed by atoms with E-state index in [1.54, 1.807) is 45.0 Å². The Morgan fingerprint density at radius 2 is 1.83 bits per heavy atom. The van der Waals surface area contributed by atoms with Crippen LogP contribution in [-0.4, -0.2) is 85.3 Å². The molecule has 0 bridgehead atoms. The molecule has 2 rings (SSSR count). The highest BCUT2D eigenvalue weighted by Gasteiger charge is 2.56. The number of rotatable bonds is 13. The van der Waals surface area contributed by atoms with Crippen LogP contribution in [0.2, 0.25) is 0 Å². The first-order valence-electron chi connectivity index (χ1n) is 12.9. The van der Waals surface area contributed by atoms with Gasteiger partial charge in [-0.3, -0.25) is 4.79 Å². The second-order valence-electron chi connectivity index (χ2n) is 10.5. The van der Waals surface area contributed by atoms with Crippen LogP contribution in [0.4, 0.5) is 9.59 Å². The first-order valence-corrected chi connectivity index (χ1v) is 14.4. The molecule has 0 aromatic heterocycles. The molecule has 1 saturated heterocycles. The zero-order chi connectivity index (χ0) is 30.8. The van der Waals surface area contributed by atoms with Gasteiger partial charge in [0.1, 0.15) is 18.2 Å². The molecule has 5 N–H and O–H groups in total. The molecule has 1 unspecified atom stereocenters. The minimum Gasteiger partial charge on any atom is -0.479 e. The molecule has 1 fully saturated rings. The van der Waals surface area contributed by atoms with Gasteiger partial charge in [-0.2, -0.15) is 12.7 Å². The van der Waals surface area contributed by atoms with Crippen LogP contribution in [-0.2, 0) is 35.9 Å². The number of hydrogen-bond acceptors (Lipinski definition) is 8. The molecule has 1 aromatic rings. The van der Waals surface area contributed by atoms with Gasteiger partial charge in [-0.05, 0) is 39.7 Å². The third-order valence-corrected chi connectivity index (χ3v) is 7.61. The van der Waals surface area contributed by atoms with E-state index in [-0.39, 0.29) is 32.7 Å². The molecule has 3 atom stereocenters. The van der Waals surface area contributed by atoms with Gasteiger partial charge in [-0.15, -0.1) is 6.58 Å². The molecule has 14 nitrogen and oxygen atoms in total. The molecular formula is C26H39N5O9S. The van der Waals surface area contributed by atoms with Gasteiger partial charge in [-0.25, -0.2) is 19.1 Å². The number of aliphatic carboxylic acids is 1. The van der Waals surface area contributed by atoms with E-state index in [1.165, 1.54) is 13.0 Å². The van der Waals surface area contributed by atoms with Crippen molar-refractivity contribution in [1.82, 2.24) is 25.0 Å². The smallest absolute Gasteiger partial charge is 0.408 e. The molecule has 15 heteroatoms. The predicted octanol–water partition coefficient (Wildman–Crippen LogP) is 1.11. The summed E-state index contributed by atoms with van der Waals surface area (Å²) in [6.07, 6.45) is -0.0860. The second kappa shape index (κ2) is 14.3. The quantitative estimate of drug-likeness (QED) is 0.164. The maximum Gasteiger partial charge on any atom is 0.408 e. The second-order valence-corrected chi connectivity index (χ2v) is 12.3. The van der Waals surface area contributed by atoms with Crippen LogP contribution in [0.25, 0.3) is 0 Å². The molecule has 41 heavy (non-hydrogen) atoms. The number of carbonyl (C=O) groups excluding carboxylic acids is 3. The molecule has 1 aliphatic heterocycles. The number of carbonyl (C=O) groups is 4. The van der Waals surface area contributed by atoms with Crippen molar-refractivity contribution in [2.45, 2.75) is 57.9 Å². The van der Waals surface area contributed by atoms with Crippen molar-refractivity contribution < 1.29 is 42.2 Å². The first-order chi connectivity index (χ1) is 19.1. The van der Waals surface area contributed by atoms with E-state index in [0.29, 0.717) is 0 Å². The van der Waals surface area contributed by atoms with Crippen molar-refractivity contribution >= 4 is 34.3 Å². The van der Waals surface area contributed by atoms with Crippen LogP contribution >= 0.6 is 0 Å². The van der Waals surface area contributed by atoms with Crippen LogP contribution in [0, 0.1) is 5.92 Å². The number of hydrogen-bond donors (Lipinski definition) is 5. The molecule has 0 radical (unpaired) electrons. The zero-order valence-corrected chi connectivity index (χ0v) is 24.5. The highest BCUT2D eigenvalue weighted by molar-refractivity contribution is 7.87. The molecule has 0 aliphatic carbocycles. The van der Waals surface area contributed by atoms with Gasteiger partial charge in [0.15, 0.2) is 5.54 Å². The molecular weight excluding hydrogens is 558 g/mol. The number of carboxylic acid groups (broad SMARTS) is 1. The molecule has 0 saturated carbocycles. The van der Waals surface area contributed by atoms with E-state index < -0.39 is 63.9 Å². The lowest BCUT2D eigenvalue weighted by molar-refractivity contribution is -0.149. The van der Waals surface area contributed by atoms with E-state index in [4.69, 9.17) is 9.47 Å². The van der Waals surface area contributed by atoms with Gasteiger partial charge in [0.05, 0.1) is 0 Å². The molecule has 3 amide bonds. The van der Waals surface area contributed by atoms with Gasteiger partial charge in [0.25, 0.3) is 10.2 Å². The fraction of sp³-hybridized carbons (Fsp3) is 0.538. The summed E-state index contributed by atoms with van der Waals surface area (Å²) in [5.41, 5.74) is -1.99. The van der Waals surface area contributed by atoms with Crippen molar-refractivity contribution in [1.29, 1.82) is 0 Å². The van der Waals surface area contributed by atoms with Crippen LogP contribution < -0.4 is 20.7 Å². The maximum atomic E-state index is 13.0. The summed E-state index contributed by atoms with van der Waals surface area (Å²) >= 11 is 0. The summed E-state index contributed by atoms with van der Waals surface area (Å²) in [5.74, 6) is -3.15. The van der Waals surface area contributed by atoms with Gasteiger partial charge >= 0.3 is 18.2 Å². The molecule has 1 aromatic carbocycles. The van der Waals surface area contributed by atoms with Crippen LogP contribution in [0.1, 0.15) is 39.7 Å². The summed E-state index contributed by atoms with van der Waals surface area (Å²) in [5, 5.41) is 17.4. The van der Waals surface area contributed by atoms with Gasteiger partial charge in [0, 0.05) is 32.1 Å². The molecule has 228 valence electrons. The van der Waals surface area contributed by atoms with Crippen LogP contribution in [0.3, 0.4) is 0 Å². The normalized spacial score (nSPS) is 20.0. The van der Waals surface area contributed by atoms with Crippen molar-refractivity contribution in [3.05, 3.63) is 48.6 Å². The monoisotopic (exact) mass is 597 g/mol. The number of ether oxygens (including phenoxy) is 2. The lowest BCUT2D eigenvalue weighted by Crippen LogP contribution is -2.63. The number of nitrogens with zero attached hydrogens (tertiary/aromatic N) is 1. The Morgan fingerprint density at radius 1 is 1.17 bits per heavy atom. The third-order valence-electron chi connectivity index (χ3n) is 6.08. The number of allylic oxidation sites excluding steroid dienone is 1. The van der Waals surface area contributed by atoms with Crippen LogP contribution in [0.5, 0.6) is 0 Å². The number of benzene rings is 1. The topological polar surface area (TPSA) is 192 Å². The standard InChI is InChI=1S/C26H39N5O9S/c1-6-10-20-15-31(41(37,38)28-14-13-27-23(35)40-25(3,4)5)17-26(20,22(33)34)30-21(32)18(2)29-24(36)39-16-19-11-8-7-9-12-19/h6-9,11-12,18,20,28H,1,10,13-17H2,2-5H3,(H,27,35)(H,29,36)(H,30,32)(H,33,34)/t18?,20-,26-/m0/s1. The average Bonchev–Trinajstić information content (AvgIpc) is 3.25. The van der Waals surface area contributed by atoms with E-state index in [2.05, 4.69) is 27.3 Å². The Bertz CT molecular complexity index is 1200. The Hall–Kier alpha value is -3.69. The Kier molecular flexibility index (Phi) is 11.7. The van der Waals surface area contributed by atoms with E-state index in [9.17, 15) is 32.7 Å². The van der Waals surface area contributed by atoms with E-state index in [0.717, 1.165) is 9.87 Å². The number of amides is 3. The SMILES string of the molecule is C=CC[C@H]1CN(S(=O)(=O)NCCNC(=O)OC(C)(C)C)C[C@@]1(NC(=O)C(C)NC(=O)OCc1ccccc1)C(=O)O. The fourth-order valence-electron chi connectivity index (χ4n) is 4.06. The number of carboxylic acids is 1. The van der Waals surface area contributed by atoms with Crippen molar-refractivity contribution in [2.24, 2.45) is 5.92 Å². The largest absolute Gasteiger partial charge is 0.479 e. The number of nitrogens with one attached hydrogen (secondary N) is 4. The molecule has 1 aliphatic rings. The summed E-state index contributed by atoms with van der Waals surface area (Å²) in [6, 6.07) is 7.68. The van der Waals surface area contributed by atoms with Crippen molar-refractivity contribution in [2.75, 3.05) is 26.2 Å². The minimum atomic E-state index is -4.21. The predicted molar refractivity (Wildman–Crippen MR) is 149 cm³/mol. The summed E-state index contributed by atoms with van der Waals surface area (Å²) in [7, 11) is -4.21. The van der Waals surface area contributed by atoms with E-state index >= 15 is 0 Å². The van der Waals surface area contributed by atoms with Crippen LogP contribution in [0.15, 0.2) is 43.0 Å². The summed E-state index contributed by atoms with van der Waals surface area (Å²) < 4.78 is 39.4. The Labute approximate surface area is 240 Å². The first kappa shape index (κ1) is 33.5. The van der Waals surface area contributed by atoms with E-state index in [1.807, 2.05) is 6.07 Å². The highest BCUT2D eigenvalue weighted by atomic mass is 32.2. The molecule has 1 heterocycles. The molecule has 0 spiro atoms. The zero-order valence-electron chi connectivity index (χ0n) is 23.6. The summed E-state index contributed by atoms with van der Waals surface area (Å²) in [4.78, 5) is 49.5. The van der Waals surface area contributed by atoms with Crippen molar-refractivity contribution in [3.8, 4) is 0 Å².